The van der Waals surface area contributed by atoms with Crippen LogP contribution in [0.1, 0.15) is 41.4 Å². The van der Waals surface area contributed by atoms with Crippen molar-refractivity contribution in [3.63, 3.8) is 0 Å². The summed E-state index contributed by atoms with van der Waals surface area (Å²) in [6.07, 6.45) is 0. The number of carbonyl (C=O) groups excluding carboxylic acids is 4. The number of hydrogen-bond donors (Lipinski definition) is 0. The molecule has 4 rings (SSSR count). The van der Waals surface area contributed by atoms with E-state index in [-0.39, 0.29) is 41.3 Å². The van der Waals surface area contributed by atoms with Crippen LogP contribution in [0.25, 0.3) is 0 Å². The predicted octanol–water partition coefficient (Wildman–Crippen LogP) is 7.28. The quantitative estimate of drug-likeness (QED) is 0.132. The van der Waals surface area contributed by atoms with Crippen LogP contribution in [-0.2, 0) is 0 Å². The lowest BCUT2D eigenvalue weighted by molar-refractivity contribution is 0.00533. The number of ketones is 1. The molecule has 0 bridgehead atoms. The van der Waals surface area contributed by atoms with Crippen LogP contribution >= 0.6 is 69.6 Å². The molecule has 0 aliphatic carbocycles. The predicted molar refractivity (Wildman–Crippen MR) is 135 cm³/mol. The molecule has 0 fully saturated rings. The Balaban J connectivity index is 1.84. The average molecular weight is 609 g/mol. The first-order valence-electron chi connectivity index (χ1n) is 9.74. The maximum atomic E-state index is 13.6. The summed E-state index contributed by atoms with van der Waals surface area (Å²) in [7, 11) is 0. The molecule has 3 aromatic rings. The lowest BCUT2D eigenvalue weighted by Gasteiger charge is -2.29. The smallest absolute Gasteiger partial charge is 0.282 e. The average Bonchev–Trinajstić information content (AvgIpc) is 3.09. The van der Waals surface area contributed by atoms with Crippen molar-refractivity contribution in [3.05, 3.63) is 101 Å². The van der Waals surface area contributed by atoms with Gasteiger partial charge in [0.15, 0.2) is 5.78 Å². The Bertz CT molecular complexity index is 1430. The molecule has 0 unspecified atom stereocenters. The summed E-state index contributed by atoms with van der Waals surface area (Å²) < 4.78 is 13.3. The zero-order valence-electron chi connectivity index (χ0n) is 17.4. The standard InChI is InChI=1S/C23H9Cl6FN2O4/c24-10-3-6-12(13(25)7-10)21(34)31(8-14(33)9-1-4-11(30)5-2-9)32-22(35)15-16(23(32)36)18(27)20(29)19(28)17(15)26/h1-7H,8H2. The SMILES string of the molecule is O=C(CN(C(=O)c1ccc(Cl)cc1Cl)N1C(=O)c2c(Cl)c(Cl)c(Cl)c(Cl)c2C1=O)c1ccc(F)cc1. The third kappa shape index (κ3) is 4.56. The fourth-order valence-electron chi connectivity index (χ4n) is 3.46. The van der Waals surface area contributed by atoms with Gasteiger partial charge in [-0.25, -0.2) is 9.40 Å². The molecule has 0 spiro atoms. The van der Waals surface area contributed by atoms with E-state index < -0.39 is 47.0 Å². The Morgan fingerprint density at radius 1 is 0.778 bits per heavy atom. The van der Waals surface area contributed by atoms with Crippen molar-refractivity contribution in [1.82, 2.24) is 10.0 Å². The summed E-state index contributed by atoms with van der Waals surface area (Å²) in [5.74, 6) is -4.47. The summed E-state index contributed by atoms with van der Waals surface area (Å²) in [4.78, 5) is 53.3. The van der Waals surface area contributed by atoms with E-state index in [2.05, 4.69) is 0 Å². The van der Waals surface area contributed by atoms with E-state index in [9.17, 15) is 23.6 Å². The highest BCUT2D eigenvalue weighted by Gasteiger charge is 2.46. The Morgan fingerprint density at radius 2 is 1.31 bits per heavy atom. The number of amides is 3. The lowest BCUT2D eigenvalue weighted by atomic mass is 10.1. The van der Waals surface area contributed by atoms with Gasteiger partial charge in [-0.3, -0.25) is 19.2 Å². The number of rotatable bonds is 5. The minimum atomic E-state index is -1.08. The summed E-state index contributed by atoms with van der Waals surface area (Å²) >= 11 is 36.6. The third-order valence-electron chi connectivity index (χ3n) is 5.18. The molecule has 6 nitrogen and oxygen atoms in total. The van der Waals surface area contributed by atoms with Crippen LogP contribution in [0, 0.1) is 5.82 Å². The van der Waals surface area contributed by atoms with Crippen LogP contribution in [0.2, 0.25) is 30.1 Å². The van der Waals surface area contributed by atoms with Crippen molar-refractivity contribution in [2.24, 2.45) is 0 Å². The molecular formula is C23H9Cl6FN2O4. The molecule has 0 radical (unpaired) electrons. The first-order chi connectivity index (χ1) is 16.9. The van der Waals surface area contributed by atoms with E-state index >= 15 is 0 Å². The van der Waals surface area contributed by atoms with Crippen LogP contribution in [0.15, 0.2) is 42.5 Å². The number of carbonyl (C=O) groups is 4. The van der Waals surface area contributed by atoms with E-state index in [0.717, 1.165) is 12.1 Å². The number of nitrogens with zero attached hydrogens (tertiary/aromatic N) is 2. The second-order valence-electron chi connectivity index (χ2n) is 7.35. The van der Waals surface area contributed by atoms with Gasteiger partial charge in [0.1, 0.15) is 12.4 Å². The molecule has 1 aliphatic heterocycles. The van der Waals surface area contributed by atoms with Gasteiger partial charge >= 0.3 is 0 Å². The second-order valence-corrected chi connectivity index (χ2v) is 9.70. The Labute approximate surface area is 232 Å². The first kappa shape index (κ1) is 26.7. The zero-order valence-corrected chi connectivity index (χ0v) is 22.0. The second kappa shape index (κ2) is 10.2. The van der Waals surface area contributed by atoms with Crippen molar-refractivity contribution in [3.8, 4) is 0 Å². The summed E-state index contributed by atoms with van der Waals surface area (Å²) in [5, 5.41) is -0.159. The van der Waals surface area contributed by atoms with Crippen LogP contribution in [0.3, 0.4) is 0 Å². The largest absolute Gasteiger partial charge is 0.292 e. The summed E-state index contributed by atoms with van der Waals surface area (Å²) in [6.45, 7) is -0.814. The van der Waals surface area contributed by atoms with Gasteiger partial charge in [0.2, 0.25) is 0 Å². The Kier molecular flexibility index (Phi) is 7.53. The number of benzene rings is 3. The van der Waals surface area contributed by atoms with E-state index in [1.54, 1.807) is 0 Å². The third-order valence-corrected chi connectivity index (χ3v) is 7.53. The van der Waals surface area contributed by atoms with Gasteiger partial charge in [-0.15, -0.1) is 0 Å². The van der Waals surface area contributed by atoms with Gasteiger partial charge in [0, 0.05) is 10.6 Å². The highest BCUT2D eigenvalue weighted by atomic mass is 35.5. The molecule has 3 aromatic carbocycles. The number of hydrogen-bond acceptors (Lipinski definition) is 4. The van der Waals surface area contributed by atoms with Crippen LogP contribution in [-0.4, -0.2) is 40.1 Å². The van der Waals surface area contributed by atoms with Gasteiger partial charge in [-0.05, 0) is 42.5 Å². The van der Waals surface area contributed by atoms with Crippen LogP contribution in [0.5, 0.6) is 0 Å². The van der Waals surface area contributed by atoms with Gasteiger partial charge in [-0.2, -0.15) is 5.01 Å². The molecule has 0 saturated carbocycles. The van der Waals surface area contributed by atoms with Crippen molar-refractivity contribution in [2.75, 3.05) is 6.54 Å². The lowest BCUT2D eigenvalue weighted by Crippen LogP contribution is -2.51. The fourth-order valence-corrected chi connectivity index (χ4v) is 4.96. The van der Waals surface area contributed by atoms with E-state index in [4.69, 9.17) is 69.6 Å². The van der Waals surface area contributed by atoms with Gasteiger partial charge in [0.05, 0.1) is 41.8 Å². The summed E-state index contributed by atoms with van der Waals surface area (Å²) in [5.41, 5.74) is -0.946. The molecule has 3 amide bonds. The zero-order chi connectivity index (χ0) is 26.5. The van der Waals surface area contributed by atoms with Crippen LogP contribution < -0.4 is 0 Å². The highest BCUT2D eigenvalue weighted by Crippen LogP contribution is 2.45. The van der Waals surface area contributed by atoms with Crippen molar-refractivity contribution < 1.29 is 23.6 Å². The maximum Gasteiger partial charge on any atom is 0.282 e. The molecule has 36 heavy (non-hydrogen) atoms. The minimum absolute atomic E-state index is 0.00941. The topological polar surface area (TPSA) is 74.8 Å². The molecule has 1 aliphatic rings. The summed E-state index contributed by atoms with van der Waals surface area (Å²) in [6, 6.07) is 8.34. The van der Waals surface area contributed by atoms with E-state index in [0.29, 0.717) is 10.0 Å². The van der Waals surface area contributed by atoms with Gasteiger partial charge < -0.3 is 0 Å². The molecular weight excluding hydrogens is 600 g/mol. The minimum Gasteiger partial charge on any atom is -0.292 e. The Hall–Kier alpha value is -2.39. The molecule has 0 aromatic heterocycles. The monoisotopic (exact) mass is 606 g/mol. The maximum absolute atomic E-state index is 13.6. The first-order valence-corrected chi connectivity index (χ1v) is 12.0. The van der Waals surface area contributed by atoms with Crippen molar-refractivity contribution in [1.29, 1.82) is 0 Å². The van der Waals surface area contributed by atoms with E-state index in [1.165, 1.54) is 30.3 Å². The Morgan fingerprint density at radius 3 is 1.81 bits per heavy atom. The number of halogens is 7. The van der Waals surface area contributed by atoms with Gasteiger partial charge in [0.25, 0.3) is 17.7 Å². The molecule has 0 N–H and O–H groups in total. The van der Waals surface area contributed by atoms with E-state index in [1.807, 2.05) is 0 Å². The molecule has 184 valence electrons. The number of hydrazine groups is 1. The van der Waals surface area contributed by atoms with Crippen molar-refractivity contribution >= 4 is 93.1 Å². The number of Topliss-reactive ketones (excluding diaryl/α,β-unsaturated/α-hetero) is 1. The normalized spacial score (nSPS) is 12.7. The molecule has 13 heteroatoms. The molecule has 0 saturated heterocycles. The number of imide groups is 1. The molecule has 0 atom stereocenters. The number of fused-ring (bicyclic) bond motifs is 1. The highest BCUT2D eigenvalue weighted by molar-refractivity contribution is 6.55. The van der Waals surface area contributed by atoms with Crippen LogP contribution in [0.4, 0.5) is 4.39 Å². The molecule has 1 heterocycles. The fraction of sp³-hybridized carbons (Fsp3) is 0.0435. The van der Waals surface area contributed by atoms with Gasteiger partial charge in [-0.1, -0.05) is 69.6 Å². The van der Waals surface area contributed by atoms with Crippen molar-refractivity contribution in [2.45, 2.75) is 0 Å².